The standard InChI is InChI=1S/C17H20F3N3O/c1-11-6-2-3-7-12(11)21-15(24)10-23-14-9-5-4-8-13(14)22-16(23)17(18,19)20/h4-5,8-9,11-12H,2-3,6-7,10H2,1H3,(H,21,24)/t11-,12-/m0/s1. The molecule has 0 radical (unpaired) electrons. The van der Waals surface area contributed by atoms with Gasteiger partial charge in [-0.3, -0.25) is 4.79 Å². The number of nitrogens with one attached hydrogen (secondary N) is 1. The molecule has 0 aliphatic heterocycles. The zero-order valence-electron chi connectivity index (χ0n) is 13.4. The van der Waals surface area contributed by atoms with E-state index in [1.54, 1.807) is 18.2 Å². The molecule has 2 atom stereocenters. The summed E-state index contributed by atoms with van der Waals surface area (Å²) in [5.41, 5.74) is 0.556. The Morgan fingerprint density at radius 3 is 2.71 bits per heavy atom. The van der Waals surface area contributed by atoms with Gasteiger partial charge in [0.2, 0.25) is 11.7 Å². The van der Waals surface area contributed by atoms with Gasteiger partial charge >= 0.3 is 6.18 Å². The highest BCUT2D eigenvalue weighted by Crippen LogP contribution is 2.31. The van der Waals surface area contributed by atoms with E-state index < -0.39 is 17.9 Å². The lowest BCUT2D eigenvalue weighted by atomic mass is 9.86. The number of hydrogen-bond acceptors (Lipinski definition) is 2. The number of rotatable bonds is 3. The fourth-order valence-corrected chi connectivity index (χ4v) is 3.38. The lowest BCUT2D eigenvalue weighted by molar-refractivity contribution is -0.147. The van der Waals surface area contributed by atoms with Crippen LogP contribution >= 0.6 is 0 Å². The van der Waals surface area contributed by atoms with Crippen LogP contribution in [0.25, 0.3) is 11.0 Å². The molecule has 1 aliphatic carbocycles. The Hall–Kier alpha value is -2.05. The molecule has 0 bridgehead atoms. The average molecular weight is 339 g/mol. The van der Waals surface area contributed by atoms with Crippen LogP contribution in [0.2, 0.25) is 0 Å². The van der Waals surface area contributed by atoms with E-state index in [1.165, 1.54) is 6.07 Å². The first-order valence-corrected chi connectivity index (χ1v) is 8.18. The molecule has 0 unspecified atom stereocenters. The van der Waals surface area contributed by atoms with Gasteiger partial charge in [-0.05, 0) is 30.9 Å². The predicted octanol–water partition coefficient (Wildman–Crippen LogP) is 3.75. The minimum atomic E-state index is -4.60. The van der Waals surface area contributed by atoms with Gasteiger partial charge in [-0.1, -0.05) is 31.9 Å². The molecule has 1 heterocycles. The SMILES string of the molecule is C[C@H]1CCCC[C@@H]1NC(=O)Cn1c(C(F)(F)F)nc2ccccc21. The number of amides is 1. The van der Waals surface area contributed by atoms with E-state index in [2.05, 4.69) is 17.2 Å². The summed E-state index contributed by atoms with van der Waals surface area (Å²) in [6, 6.07) is 6.37. The van der Waals surface area contributed by atoms with Gasteiger partial charge in [-0.25, -0.2) is 4.98 Å². The van der Waals surface area contributed by atoms with Crippen LogP contribution in [0.5, 0.6) is 0 Å². The van der Waals surface area contributed by atoms with Crippen molar-refractivity contribution in [3.05, 3.63) is 30.1 Å². The lowest BCUT2D eigenvalue weighted by Crippen LogP contribution is -2.42. The minimum absolute atomic E-state index is 0.0374. The van der Waals surface area contributed by atoms with Crippen LogP contribution in [0.4, 0.5) is 13.2 Å². The first kappa shape index (κ1) is 16.8. The van der Waals surface area contributed by atoms with E-state index in [4.69, 9.17) is 0 Å². The second-order valence-corrected chi connectivity index (χ2v) is 6.44. The lowest BCUT2D eigenvalue weighted by Gasteiger charge is -2.29. The summed E-state index contributed by atoms with van der Waals surface area (Å²) in [6.45, 7) is 1.69. The molecule has 1 amide bonds. The number of para-hydroxylation sites is 2. The summed E-state index contributed by atoms with van der Waals surface area (Å²) in [5, 5.41) is 2.90. The quantitative estimate of drug-likeness (QED) is 0.926. The Labute approximate surface area is 138 Å². The number of carbonyl (C=O) groups excluding carboxylic acids is 1. The number of carbonyl (C=O) groups is 1. The van der Waals surface area contributed by atoms with Crippen LogP contribution in [0.15, 0.2) is 24.3 Å². The smallest absolute Gasteiger partial charge is 0.352 e. The molecule has 1 aliphatic rings. The monoisotopic (exact) mass is 339 g/mol. The molecule has 7 heteroatoms. The van der Waals surface area contributed by atoms with Crippen LogP contribution < -0.4 is 5.32 Å². The third-order valence-corrected chi connectivity index (χ3v) is 4.67. The van der Waals surface area contributed by atoms with Gasteiger partial charge in [0.25, 0.3) is 0 Å². The van der Waals surface area contributed by atoms with Crippen molar-refractivity contribution in [2.24, 2.45) is 5.92 Å². The highest BCUT2D eigenvalue weighted by molar-refractivity contribution is 5.81. The summed E-state index contributed by atoms with van der Waals surface area (Å²) in [4.78, 5) is 16.0. The number of nitrogens with zero attached hydrogens (tertiary/aromatic N) is 2. The van der Waals surface area contributed by atoms with E-state index in [-0.39, 0.29) is 18.1 Å². The molecule has 1 fully saturated rings. The zero-order chi connectivity index (χ0) is 17.3. The molecule has 2 aromatic rings. The predicted molar refractivity (Wildman–Crippen MR) is 84.3 cm³/mol. The van der Waals surface area contributed by atoms with E-state index in [0.29, 0.717) is 11.4 Å². The van der Waals surface area contributed by atoms with Crippen molar-refractivity contribution in [1.82, 2.24) is 14.9 Å². The molecular weight excluding hydrogens is 319 g/mol. The number of aromatic nitrogens is 2. The maximum atomic E-state index is 13.2. The number of halogens is 3. The second kappa shape index (κ2) is 6.45. The first-order chi connectivity index (χ1) is 11.4. The number of alkyl halides is 3. The topological polar surface area (TPSA) is 46.9 Å². The van der Waals surface area contributed by atoms with Gasteiger partial charge in [0.1, 0.15) is 6.54 Å². The summed E-state index contributed by atoms with van der Waals surface area (Å²) < 4.78 is 40.7. The van der Waals surface area contributed by atoms with Crippen molar-refractivity contribution in [2.75, 3.05) is 0 Å². The van der Waals surface area contributed by atoms with E-state index >= 15 is 0 Å². The summed E-state index contributed by atoms with van der Waals surface area (Å²) >= 11 is 0. The number of imidazole rings is 1. The fourth-order valence-electron chi connectivity index (χ4n) is 3.38. The highest BCUT2D eigenvalue weighted by Gasteiger charge is 2.38. The van der Waals surface area contributed by atoms with Crippen LogP contribution in [-0.2, 0) is 17.5 Å². The maximum Gasteiger partial charge on any atom is 0.449 e. The van der Waals surface area contributed by atoms with E-state index in [0.717, 1.165) is 30.3 Å². The largest absolute Gasteiger partial charge is 0.449 e. The minimum Gasteiger partial charge on any atom is -0.352 e. The first-order valence-electron chi connectivity index (χ1n) is 8.18. The van der Waals surface area contributed by atoms with Crippen molar-refractivity contribution in [2.45, 2.75) is 51.4 Å². The van der Waals surface area contributed by atoms with Gasteiger partial charge in [0.05, 0.1) is 11.0 Å². The van der Waals surface area contributed by atoms with E-state index in [1.807, 2.05) is 0 Å². The summed E-state index contributed by atoms with van der Waals surface area (Å²) in [7, 11) is 0. The van der Waals surface area contributed by atoms with Crippen LogP contribution in [0.3, 0.4) is 0 Å². The Balaban J connectivity index is 1.84. The van der Waals surface area contributed by atoms with Crippen molar-refractivity contribution in [1.29, 1.82) is 0 Å². The van der Waals surface area contributed by atoms with Gasteiger partial charge in [0.15, 0.2) is 0 Å². The average Bonchev–Trinajstić information content (AvgIpc) is 2.89. The number of benzene rings is 1. The Morgan fingerprint density at radius 1 is 1.29 bits per heavy atom. The fraction of sp³-hybridized carbons (Fsp3) is 0.529. The van der Waals surface area contributed by atoms with Gasteiger partial charge < -0.3 is 9.88 Å². The second-order valence-electron chi connectivity index (χ2n) is 6.44. The highest BCUT2D eigenvalue weighted by atomic mass is 19.4. The molecule has 1 aromatic heterocycles. The van der Waals surface area contributed by atoms with Gasteiger partial charge in [-0.2, -0.15) is 13.2 Å². The van der Waals surface area contributed by atoms with Crippen LogP contribution in [0.1, 0.15) is 38.4 Å². The molecule has 0 spiro atoms. The van der Waals surface area contributed by atoms with Gasteiger partial charge in [-0.15, -0.1) is 0 Å². The Kier molecular flexibility index (Phi) is 4.51. The molecule has 1 saturated carbocycles. The molecule has 130 valence electrons. The third-order valence-electron chi connectivity index (χ3n) is 4.67. The van der Waals surface area contributed by atoms with Crippen LogP contribution in [-0.4, -0.2) is 21.5 Å². The number of fused-ring (bicyclic) bond motifs is 1. The van der Waals surface area contributed by atoms with Crippen molar-refractivity contribution in [3.63, 3.8) is 0 Å². The van der Waals surface area contributed by atoms with Crippen molar-refractivity contribution >= 4 is 16.9 Å². The van der Waals surface area contributed by atoms with Crippen molar-refractivity contribution in [3.8, 4) is 0 Å². The van der Waals surface area contributed by atoms with E-state index in [9.17, 15) is 18.0 Å². The Bertz CT molecular complexity index is 738. The molecular formula is C17H20F3N3O. The molecule has 3 rings (SSSR count). The molecule has 4 nitrogen and oxygen atoms in total. The maximum absolute atomic E-state index is 13.2. The Morgan fingerprint density at radius 2 is 2.00 bits per heavy atom. The molecule has 1 N–H and O–H groups in total. The third kappa shape index (κ3) is 3.39. The molecule has 24 heavy (non-hydrogen) atoms. The van der Waals surface area contributed by atoms with Crippen molar-refractivity contribution < 1.29 is 18.0 Å². The zero-order valence-corrected chi connectivity index (χ0v) is 13.4. The number of hydrogen-bond donors (Lipinski definition) is 1. The molecule has 1 aromatic carbocycles. The summed E-state index contributed by atoms with van der Waals surface area (Å²) in [5.74, 6) is -1.08. The molecule has 0 saturated heterocycles. The normalized spacial score (nSPS) is 21.8. The summed E-state index contributed by atoms with van der Waals surface area (Å²) in [6.07, 6.45) is -0.511. The van der Waals surface area contributed by atoms with Gasteiger partial charge in [0, 0.05) is 6.04 Å². The van der Waals surface area contributed by atoms with Crippen LogP contribution in [0, 0.1) is 5.92 Å².